The lowest BCUT2D eigenvalue weighted by molar-refractivity contribution is -0.143. The average Bonchev–Trinajstić information content (AvgIpc) is 3.55. The number of benzene rings is 3. The van der Waals surface area contributed by atoms with Crippen molar-refractivity contribution in [3.8, 4) is 11.5 Å². The molecule has 4 aromatic rings. The number of fused-ring (bicyclic) bond motifs is 2. The van der Waals surface area contributed by atoms with Gasteiger partial charge in [0.25, 0.3) is 0 Å². The van der Waals surface area contributed by atoms with Crippen molar-refractivity contribution < 1.29 is 19.1 Å². The van der Waals surface area contributed by atoms with Gasteiger partial charge in [-0.25, -0.2) is 4.68 Å². The average molecular weight is 514 g/mol. The number of hydrogen-bond acceptors (Lipinski definition) is 6. The number of hydrogen-bond donors (Lipinski definition) is 1. The first-order chi connectivity index (χ1) is 18.3. The van der Waals surface area contributed by atoms with E-state index >= 15 is 0 Å². The van der Waals surface area contributed by atoms with Crippen molar-refractivity contribution in [3.63, 3.8) is 0 Å². The van der Waals surface area contributed by atoms with Gasteiger partial charge in [0.15, 0.2) is 11.5 Å². The van der Waals surface area contributed by atoms with E-state index in [4.69, 9.17) is 9.47 Å². The highest BCUT2D eigenvalue weighted by atomic mass is 16.7. The predicted molar refractivity (Wildman–Crippen MR) is 142 cm³/mol. The summed E-state index contributed by atoms with van der Waals surface area (Å²) < 4.78 is 12.6. The molecule has 38 heavy (non-hydrogen) atoms. The highest BCUT2D eigenvalue weighted by Crippen LogP contribution is 2.34. The highest BCUT2D eigenvalue weighted by molar-refractivity contribution is 5.89. The van der Waals surface area contributed by atoms with Crippen molar-refractivity contribution >= 4 is 22.8 Å². The van der Waals surface area contributed by atoms with Gasteiger partial charge in [0.2, 0.25) is 18.6 Å². The van der Waals surface area contributed by atoms with Gasteiger partial charge < -0.3 is 19.7 Å². The van der Waals surface area contributed by atoms with Crippen molar-refractivity contribution in [1.29, 1.82) is 0 Å². The zero-order valence-corrected chi connectivity index (χ0v) is 21.8. The Labute approximate surface area is 221 Å². The fraction of sp³-hybridized carbons (Fsp3) is 0.310. The molecule has 0 aliphatic carbocycles. The molecule has 1 N–H and O–H groups in total. The van der Waals surface area contributed by atoms with Gasteiger partial charge in [0.1, 0.15) is 18.1 Å². The summed E-state index contributed by atoms with van der Waals surface area (Å²) in [5.41, 5.74) is 2.53. The molecule has 0 bridgehead atoms. The predicted octanol–water partition coefficient (Wildman–Crippen LogP) is 4.23. The van der Waals surface area contributed by atoms with Crippen molar-refractivity contribution in [2.24, 2.45) is 0 Å². The molecule has 1 aliphatic heterocycles. The van der Waals surface area contributed by atoms with Crippen LogP contribution in [0.1, 0.15) is 44.4 Å². The number of ether oxygens (including phenoxy) is 2. The topological polar surface area (TPSA) is 98.6 Å². The van der Waals surface area contributed by atoms with E-state index in [-0.39, 0.29) is 31.7 Å². The molecular weight excluding hydrogens is 482 g/mol. The summed E-state index contributed by atoms with van der Waals surface area (Å²) in [6, 6.07) is 21.5. The second-order valence-electron chi connectivity index (χ2n) is 9.98. The van der Waals surface area contributed by atoms with E-state index in [9.17, 15) is 9.59 Å². The minimum Gasteiger partial charge on any atom is -0.454 e. The first-order valence-corrected chi connectivity index (χ1v) is 12.7. The molecule has 9 nitrogen and oxygen atoms in total. The smallest absolute Gasteiger partial charge is 0.247 e. The lowest BCUT2D eigenvalue weighted by atomic mass is 9.98. The van der Waals surface area contributed by atoms with Gasteiger partial charge in [-0.3, -0.25) is 9.59 Å². The lowest BCUT2D eigenvalue weighted by Crippen LogP contribution is -2.50. The molecule has 1 aromatic heterocycles. The van der Waals surface area contributed by atoms with Crippen LogP contribution >= 0.6 is 0 Å². The number of rotatable bonds is 9. The maximum Gasteiger partial charge on any atom is 0.247 e. The zero-order chi connectivity index (χ0) is 26.7. The third kappa shape index (κ3) is 5.32. The van der Waals surface area contributed by atoms with E-state index in [0.717, 1.165) is 23.1 Å². The molecule has 0 saturated carbocycles. The quantitative estimate of drug-likeness (QED) is 0.360. The van der Waals surface area contributed by atoms with Crippen molar-refractivity contribution in [2.75, 3.05) is 6.79 Å². The Morgan fingerprint density at radius 2 is 1.76 bits per heavy atom. The number of carbonyl (C=O) groups excluding carboxylic acids is 2. The van der Waals surface area contributed by atoms with Crippen LogP contribution in [0.4, 0.5) is 0 Å². The van der Waals surface area contributed by atoms with Crippen LogP contribution in [0.5, 0.6) is 11.5 Å². The number of amides is 2. The van der Waals surface area contributed by atoms with E-state index in [1.807, 2.05) is 93.6 Å². The zero-order valence-electron chi connectivity index (χ0n) is 21.8. The third-order valence-electron chi connectivity index (χ3n) is 6.84. The summed E-state index contributed by atoms with van der Waals surface area (Å²) in [6.07, 6.45) is 0.737. The first kappa shape index (κ1) is 25.3. The molecule has 2 amide bonds. The summed E-state index contributed by atoms with van der Waals surface area (Å²) >= 11 is 0. The van der Waals surface area contributed by atoms with Crippen molar-refractivity contribution in [2.45, 2.75) is 51.9 Å². The van der Waals surface area contributed by atoms with Crippen LogP contribution in [0.15, 0.2) is 72.8 Å². The Kier molecular flexibility index (Phi) is 7.00. The maximum absolute atomic E-state index is 14.0. The molecule has 9 heteroatoms. The summed E-state index contributed by atoms with van der Waals surface area (Å²) in [5, 5.41) is 11.5. The molecule has 3 aromatic carbocycles. The number of aromatic nitrogens is 3. The second kappa shape index (κ2) is 10.5. The molecular formula is C29H31N5O4. The van der Waals surface area contributed by atoms with E-state index in [1.165, 1.54) is 0 Å². The molecule has 0 spiro atoms. The van der Waals surface area contributed by atoms with Gasteiger partial charge in [-0.1, -0.05) is 60.7 Å². The van der Waals surface area contributed by atoms with E-state index < -0.39 is 11.6 Å². The molecule has 0 unspecified atom stereocenters. The molecule has 1 atom stereocenters. The van der Waals surface area contributed by atoms with Crippen molar-refractivity contribution in [1.82, 2.24) is 25.2 Å². The Hall–Kier alpha value is -4.40. The Morgan fingerprint density at radius 3 is 2.55 bits per heavy atom. The molecule has 196 valence electrons. The number of carbonyl (C=O) groups is 2. The van der Waals surface area contributed by atoms with Gasteiger partial charge in [-0.05, 0) is 55.7 Å². The highest BCUT2D eigenvalue weighted by Gasteiger charge is 2.34. The number of nitrogens with zero attached hydrogens (tertiary/aromatic N) is 4. The molecule has 0 saturated heterocycles. The minimum atomic E-state index is -0.866. The van der Waals surface area contributed by atoms with Gasteiger partial charge in [0.05, 0.1) is 5.52 Å². The second-order valence-corrected chi connectivity index (χ2v) is 9.98. The molecule has 2 heterocycles. The molecule has 0 fully saturated rings. The van der Waals surface area contributed by atoms with Crippen molar-refractivity contribution in [3.05, 3.63) is 83.9 Å². The summed E-state index contributed by atoms with van der Waals surface area (Å²) in [5.74, 6) is 0.755. The fourth-order valence-corrected chi connectivity index (χ4v) is 4.41. The lowest BCUT2D eigenvalue weighted by Gasteiger charge is -2.34. The van der Waals surface area contributed by atoms with Gasteiger partial charge in [0, 0.05) is 12.1 Å². The van der Waals surface area contributed by atoms with Crippen LogP contribution in [0.25, 0.3) is 11.0 Å². The number of para-hydroxylation sites is 1. The molecule has 1 aliphatic rings. The third-order valence-corrected chi connectivity index (χ3v) is 6.84. The van der Waals surface area contributed by atoms with Crippen LogP contribution in [0.3, 0.4) is 0 Å². The Morgan fingerprint density at radius 1 is 1.03 bits per heavy atom. The van der Waals surface area contributed by atoms with E-state index in [2.05, 4.69) is 15.6 Å². The fourth-order valence-electron chi connectivity index (χ4n) is 4.41. The van der Waals surface area contributed by atoms with Crippen LogP contribution in [0, 0.1) is 0 Å². The molecule has 0 radical (unpaired) electrons. The van der Waals surface area contributed by atoms with Crippen LogP contribution < -0.4 is 14.8 Å². The first-order valence-electron chi connectivity index (χ1n) is 12.7. The monoisotopic (exact) mass is 513 g/mol. The minimum absolute atomic E-state index is 0.0706. The van der Waals surface area contributed by atoms with Crippen LogP contribution in [-0.4, -0.2) is 44.0 Å². The van der Waals surface area contributed by atoms with Gasteiger partial charge >= 0.3 is 0 Å². The Balaban J connectivity index is 1.54. The van der Waals surface area contributed by atoms with E-state index in [1.54, 1.807) is 9.58 Å². The van der Waals surface area contributed by atoms with Gasteiger partial charge in [-0.15, -0.1) is 5.10 Å². The van der Waals surface area contributed by atoms with Crippen LogP contribution in [0.2, 0.25) is 0 Å². The SMILES string of the molecule is CCC(C)(C)NC(=O)[C@H](c1ccccc1)N(Cc1ccc2c(c1)OCO2)C(=O)Cn1nnc2ccccc21. The van der Waals surface area contributed by atoms with E-state index in [0.29, 0.717) is 17.0 Å². The number of nitrogens with one attached hydrogen (secondary N) is 1. The largest absolute Gasteiger partial charge is 0.454 e. The Bertz CT molecular complexity index is 1450. The maximum atomic E-state index is 14.0. The summed E-state index contributed by atoms with van der Waals surface area (Å²) in [7, 11) is 0. The standard InChI is InChI=1S/C29H31N5O4/c1-4-29(2,3)30-28(36)27(21-10-6-5-7-11-21)33(17-20-14-15-24-25(16-20)38-19-37-24)26(35)18-34-23-13-9-8-12-22(23)31-32-34/h5-16,27H,4,17-19H2,1-3H3,(H,30,36)/t27-/m0/s1. The normalized spacial score (nSPS) is 13.3. The van der Waals surface area contributed by atoms with Crippen LogP contribution in [-0.2, 0) is 22.7 Å². The molecule has 5 rings (SSSR count). The summed E-state index contributed by atoms with van der Waals surface area (Å²) in [6.45, 7) is 6.22. The van der Waals surface area contributed by atoms with Gasteiger partial charge in [-0.2, -0.15) is 0 Å². The summed E-state index contributed by atoms with van der Waals surface area (Å²) in [4.78, 5) is 29.5.